The van der Waals surface area contributed by atoms with Crippen molar-refractivity contribution in [1.82, 2.24) is 14.3 Å². The number of aromatic nitrogens is 2. The van der Waals surface area contributed by atoms with Gasteiger partial charge in [-0.15, -0.1) is 0 Å². The molecule has 0 bridgehead atoms. The minimum atomic E-state index is -3.90. The average molecular weight is 274 g/mol. The van der Waals surface area contributed by atoms with Gasteiger partial charge in [-0.05, 0) is 12.8 Å². The molecule has 100 valence electrons. The number of nitrogens with two attached hydrogens (primary N) is 1. The van der Waals surface area contributed by atoms with Crippen LogP contribution in [0.5, 0.6) is 0 Å². The first-order valence-corrected chi connectivity index (χ1v) is 6.93. The molecule has 8 nitrogen and oxygen atoms in total. The highest BCUT2D eigenvalue weighted by Gasteiger charge is 2.30. The van der Waals surface area contributed by atoms with Crippen molar-refractivity contribution in [2.24, 2.45) is 5.73 Å². The maximum atomic E-state index is 12.2. The molecule has 18 heavy (non-hydrogen) atoms. The molecule has 9 heteroatoms. The number of hydrogen-bond acceptors (Lipinski definition) is 5. The molecule has 1 saturated heterocycles. The summed E-state index contributed by atoms with van der Waals surface area (Å²) in [6.45, 7) is 0.509. The van der Waals surface area contributed by atoms with Gasteiger partial charge >= 0.3 is 5.69 Å². The van der Waals surface area contributed by atoms with Gasteiger partial charge in [-0.2, -0.15) is 4.31 Å². The van der Waals surface area contributed by atoms with Crippen molar-refractivity contribution in [2.75, 3.05) is 13.1 Å². The van der Waals surface area contributed by atoms with Gasteiger partial charge in [0.25, 0.3) is 5.56 Å². The van der Waals surface area contributed by atoms with E-state index in [9.17, 15) is 18.0 Å². The summed E-state index contributed by atoms with van der Waals surface area (Å²) >= 11 is 0. The van der Waals surface area contributed by atoms with E-state index in [2.05, 4.69) is 4.98 Å². The molecule has 1 aliphatic rings. The van der Waals surface area contributed by atoms with E-state index in [-0.39, 0.29) is 12.6 Å². The molecule has 1 aliphatic heterocycles. The number of nitrogens with one attached hydrogen (secondary N) is 2. The van der Waals surface area contributed by atoms with Crippen molar-refractivity contribution in [3.63, 3.8) is 0 Å². The lowest BCUT2D eigenvalue weighted by molar-refractivity contribution is 0.315. The van der Waals surface area contributed by atoms with Crippen LogP contribution in [-0.2, 0) is 10.0 Å². The fourth-order valence-corrected chi connectivity index (χ4v) is 3.45. The fraction of sp³-hybridized carbons (Fsp3) is 0.556. The van der Waals surface area contributed by atoms with Gasteiger partial charge in [0.2, 0.25) is 10.0 Å². The Hall–Kier alpha value is -1.45. The molecular formula is C9H14N4O4S. The van der Waals surface area contributed by atoms with Crippen LogP contribution < -0.4 is 17.0 Å². The summed E-state index contributed by atoms with van der Waals surface area (Å²) in [6, 6.07) is -0.227. The van der Waals surface area contributed by atoms with E-state index >= 15 is 0 Å². The molecule has 0 amide bonds. The second-order valence-electron chi connectivity index (χ2n) is 4.20. The molecule has 0 aromatic carbocycles. The zero-order valence-electron chi connectivity index (χ0n) is 9.55. The third-order valence-corrected chi connectivity index (χ3v) is 4.69. The first kappa shape index (κ1) is 13.0. The summed E-state index contributed by atoms with van der Waals surface area (Å²) in [7, 11) is -3.90. The summed E-state index contributed by atoms with van der Waals surface area (Å²) in [6.07, 6.45) is 2.33. The highest BCUT2D eigenvalue weighted by atomic mass is 32.2. The molecule has 1 aromatic heterocycles. The van der Waals surface area contributed by atoms with Crippen molar-refractivity contribution in [1.29, 1.82) is 0 Å². The van der Waals surface area contributed by atoms with Gasteiger partial charge in [-0.1, -0.05) is 0 Å². The van der Waals surface area contributed by atoms with Crippen LogP contribution in [0.25, 0.3) is 0 Å². The number of aromatic amines is 2. The number of rotatable bonds is 2. The quantitative estimate of drug-likeness (QED) is 0.584. The van der Waals surface area contributed by atoms with E-state index in [0.717, 1.165) is 12.6 Å². The number of hydrogen-bond donors (Lipinski definition) is 3. The molecule has 1 fully saturated rings. The number of nitrogens with zero attached hydrogens (tertiary/aromatic N) is 1. The van der Waals surface area contributed by atoms with Gasteiger partial charge in [-0.3, -0.25) is 9.78 Å². The lowest BCUT2D eigenvalue weighted by Crippen LogP contribution is -2.47. The Bertz CT molecular complexity index is 647. The van der Waals surface area contributed by atoms with Crippen LogP contribution in [0.3, 0.4) is 0 Å². The van der Waals surface area contributed by atoms with E-state index < -0.39 is 26.2 Å². The third-order valence-electron chi connectivity index (χ3n) is 2.82. The monoisotopic (exact) mass is 274 g/mol. The lowest BCUT2D eigenvalue weighted by atomic mass is 10.1. The molecule has 0 spiro atoms. The Morgan fingerprint density at radius 2 is 2.11 bits per heavy atom. The number of H-pyrrole nitrogens is 2. The summed E-state index contributed by atoms with van der Waals surface area (Å²) in [5.74, 6) is 0. The van der Waals surface area contributed by atoms with Crippen LogP contribution >= 0.6 is 0 Å². The minimum Gasteiger partial charge on any atom is -0.327 e. The number of sulfonamides is 1. The fourth-order valence-electron chi connectivity index (χ4n) is 1.92. The molecule has 2 rings (SSSR count). The van der Waals surface area contributed by atoms with Gasteiger partial charge in [0.05, 0.1) is 0 Å². The summed E-state index contributed by atoms with van der Waals surface area (Å²) in [5, 5.41) is 0. The smallest absolute Gasteiger partial charge is 0.325 e. The van der Waals surface area contributed by atoms with E-state index in [1.807, 2.05) is 4.98 Å². The molecule has 0 aliphatic carbocycles. The van der Waals surface area contributed by atoms with Crippen molar-refractivity contribution in [2.45, 2.75) is 23.8 Å². The normalized spacial score (nSPS) is 21.9. The predicted octanol–water partition coefficient (Wildman–Crippen LogP) is -1.82. The standard InChI is InChI=1S/C9H14N4O4S/c10-6-2-1-3-13(5-6)18(16,17)7-4-11-9(15)12-8(7)14/h4,6H,1-3,5,10H2,(H2,11,12,14,15)/t6-/m1/s1. The molecule has 0 saturated carbocycles. The van der Waals surface area contributed by atoms with Crippen LogP contribution in [0.15, 0.2) is 20.7 Å². The Kier molecular flexibility index (Phi) is 3.37. The first-order valence-electron chi connectivity index (χ1n) is 5.49. The van der Waals surface area contributed by atoms with E-state index in [0.29, 0.717) is 13.0 Å². The van der Waals surface area contributed by atoms with Crippen LogP contribution in [0.4, 0.5) is 0 Å². The molecule has 2 heterocycles. The maximum Gasteiger partial charge on any atom is 0.325 e. The molecule has 0 radical (unpaired) electrons. The Balaban J connectivity index is 2.42. The molecular weight excluding hydrogens is 260 g/mol. The predicted molar refractivity (Wildman–Crippen MR) is 63.7 cm³/mol. The highest BCUT2D eigenvalue weighted by molar-refractivity contribution is 7.89. The van der Waals surface area contributed by atoms with Crippen molar-refractivity contribution in [3.05, 3.63) is 27.0 Å². The average Bonchev–Trinajstić information content (AvgIpc) is 2.28. The van der Waals surface area contributed by atoms with Gasteiger partial charge in [-0.25, -0.2) is 13.2 Å². The lowest BCUT2D eigenvalue weighted by Gasteiger charge is -2.29. The Morgan fingerprint density at radius 3 is 2.72 bits per heavy atom. The minimum absolute atomic E-state index is 0.181. The van der Waals surface area contributed by atoms with Gasteiger partial charge in [0, 0.05) is 25.3 Å². The van der Waals surface area contributed by atoms with E-state index in [4.69, 9.17) is 5.73 Å². The third kappa shape index (κ3) is 2.37. The maximum absolute atomic E-state index is 12.2. The SMILES string of the molecule is N[C@@H]1CCCN(S(=O)(=O)c2c[nH]c(=O)[nH]c2=O)C1. The van der Waals surface area contributed by atoms with Crippen molar-refractivity contribution in [3.8, 4) is 0 Å². The van der Waals surface area contributed by atoms with Crippen LogP contribution in [-0.4, -0.2) is 41.8 Å². The molecule has 1 atom stereocenters. The van der Waals surface area contributed by atoms with Crippen LogP contribution in [0.2, 0.25) is 0 Å². The Labute approximate surface area is 103 Å². The van der Waals surface area contributed by atoms with Gasteiger partial charge in [0.1, 0.15) is 0 Å². The van der Waals surface area contributed by atoms with Crippen LogP contribution in [0.1, 0.15) is 12.8 Å². The Morgan fingerprint density at radius 1 is 1.39 bits per heavy atom. The summed E-state index contributed by atoms with van der Waals surface area (Å²) in [4.78, 5) is 25.9. The highest BCUT2D eigenvalue weighted by Crippen LogP contribution is 2.16. The summed E-state index contributed by atoms with van der Waals surface area (Å²) in [5.41, 5.74) is 4.05. The largest absolute Gasteiger partial charge is 0.327 e. The second kappa shape index (κ2) is 4.67. The zero-order valence-corrected chi connectivity index (χ0v) is 10.4. The van der Waals surface area contributed by atoms with Crippen molar-refractivity contribution < 1.29 is 8.42 Å². The zero-order chi connectivity index (χ0) is 13.3. The second-order valence-corrected chi connectivity index (χ2v) is 6.11. The molecule has 4 N–H and O–H groups in total. The van der Waals surface area contributed by atoms with Gasteiger partial charge < -0.3 is 10.7 Å². The number of piperidine rings is 1. The van der Waals surface area contributed by atoms with Crippen molar-refractivity contribution >= 4 is 10.0 Å². The molecule has 1 aromatic rings. The topological polar surface area (TPSA) is 129 Å². The first-order chi connectivity index (χ1) is 8.41. The van der Waals surface area contributed by atoms with E-state index in [1.165, 1.54) is 4.31 Å². The van der Waals surface area contributed by atoms with Gasteiger partial charge in [0.15, 0.2) is 4.90 Å². The summed E-state index contributed by atoms with van der Waals surface area (Å²) < 4.78 is 25.6. The van der Waals surface area contributed by atoms with E-state index in [1.54, 1.807) is 0 Å². The molecule has 0 unspecified atom stereocenters. The van der Waals surface area contributed by atoms with Crippen LogP contribution in [0, 0.1) is 0 Å².